The molecule has 4 aromatic heterocycles. The Labute approximate surface area is 189 Å². The van der Waals surface area contributed by atoms with Crippen LogP contribution in [0.2, 0.25) is 0 Å². The molecular weight excluding hydrogens is 414 g/mol. The molecule has 0 radical (unpaired) electrons. The monoisotopic (exact) mass is 435 g/mol. The van der Waals surface area contributed by atoms with E-state index < -0.39 is 0 Å². The van der Waals surface area contributed by atoms with Gasteiger partial charge in [-0.25, -0.2) is 19.6 Å². The molecule has 0 unspecified atom stereocenters. The van der Waals surface area contributed by atoms with Crippen LogP contribution in [0.5, 0.6) is 5.75 Å². The Bertz CT molecular complexity index is 1530. The zero-order valence-electron chi connectivity index (χ0n) is 17.8. The molecule has 2 aliphatic rings. The maximum absolute atomic E-state index is 6.25. The van der Waals surface area contributed by atoms with Crippen molar-refractivity contribution in [1.29, 1.82) is 0 Å². The third kappa shape index (κ3) is 2.98. The van der Waals surface area contributed by atoms with E-state index in [9.17, 15) is 0 Å². The summed E-state index contributed by atoms with van der Waals surface area (Å²) in [4.78, 5) is 14.2. The van der Waals surface area contributed by atoms with Crippen molar-refractivity contribution in [2.45, 2.75) is 25.2 Å². The summed E-state index contributed by atoms with van der Waals surface area (Å²) in [6, 6.07) is 16.0. The van der Waals surface area contributed by atoms with Gasteiger partial charge in [0.25, 0.3) is 0 Å². The molecule has 0 spiro atoms. The number of imidazole rings is 1. The standard InChI is InChI=1S/C25H21N7O/c26-23-18(2-1-11-27-23)24-28-20-7-8-22(31-12-9-19(30-31)15-3-4-15)29-25(20)32(24)17-6-5-16-10-13-33-21(16)14-17/h1-2,5-9,11-12,14-15H,3-4,10,13H2,(H2,26,27). The van der Waals surface area contributed by atoms with Gasteiger partial charge in [0.15, 0.2) is 17.3 Å². The van der Waals surface area contributed by atoms with E-state index in [1.54, 1.807) is 6.20 Å². The third-order valence-corrected chi connectivity index (χ3v) is 6.35. The number of fused-ring (bicyclic) bond motifs is 2. The van der Waals surface area contributed by atoms with E-state index in [1.165, 1.54) is 18.4 Å². The summed E-state index contributed by atoms with van der Waals surface area (Å²) in [5, 5.41) is 4.75. The van der Waals surface area contributed by atoms with E-state index in [4.69, 9.17) is 25.5 Å². The van der Waals surface area contributed by atoms with E-state index in [2.05, 4.69) is 23.2 Å². The molecule has 5 aromatic rings. The number of hydrogen-bond donors (Lipinski definition) is 1. The Kier molecular flexibility index (Phi) is 3.84. The number of nitrogens with two attached hydrogens (primary N) is 1. The molecule has 0 saturated heterocycles. The van der Waals surface area contributed by atoms with E-state index in [-0.39, 0.29) is 0 Å². The second-order valence-corrected chi connectivity index (χ2v) is 8.57. The van der Waals surface area contributed by atoms with Gasteiger partial charge >= 0.3 is 0 Å². The van der Waals surface area contributed by atoms with Crippen molar-refractivity contribution < 1.29 is 4.74 Å². The van der Waals surface area contributed by atoms with Crippen LogP contribution in [-0.2, 0) is 6.42 Å². The Morgan fingerprint density at radius 1 is 1.03 bits per heavy atom. The summed E-state index contributed by atoms with van der Waals surface area (Å²) in [6.45, 7) is 0.705. The number of anilines is 1. The number of nitrogens with zero attached hydrogens (tertiary/aromatic N) is 6. The quantitative estimate of drug-likeness (QED) is 0.457. The van der Waals surface area contributed by atoms with Crippen LogP contribution in [0.25, 0.3) is 34.1 Å². The average molecular weight is 435 g/mol. The molecule has 8 heteroatoms. The fraction of sp³-hybridized carbons (Fsp3) is 0.200. The van der Waals surface area contributed by atoms with Crippen molar-refractivity contribution in [3.8, 4) is 28.6 Å². The minimum absolute atomic E-state index is 0.424. The van der Waals surface area contributed by atoms with Crippen molar-refractivity contribution in [1.82, 2.24) is 29.3 Å². The van der Waals surface area contributed by atoms with Gasteiger partial charge in [-0.3, -0.25) is 4.57 Å². The highest BCUT2D eigenvalue weighted by Gasteiger charge is 2.26. The van der Waals surface area contributed by atoms with Crippen molar-refractivity contribution in [2.75, 3.05) is 12.3 Å². The summed E-state index contributed by atoms with van der Waals surface area (Å²) in [5.74, 6) is 3.35. The lowest BCUT2D eigenvalue weighted by Gasteiger charge is -2.12. The van der Waals surface area contributed by atoms with Gasteiger partial charge in [0.1, 0.15) is 17.1 Å². The lowest BCUT2D eigenvalue weighted by molar-refractivity contribution is 0.356. The van der Waals surface area contributed by atoms with Crippen molar-refractivity contribution >= 4 is 17.0 Å². The first-order valence-corrected chi connectivity index (χ1v) is 11.2. The van der Waals surface area contributed by atoms with E-state index in [0.29, 0.717) is 24.2 Å². The normalized spacial score (nSPS) is 15.0. The van der Waals surface area contributed by atoms with Crippen LogP contribution in [0.15, 0.2) is 60.9 Å². The molecule has 2 N–H and O–H groups in total. The maximum atomic E-state index is 6.25. The largest absolute Gasteiger partial charge is 0.493 e. The van der Waals surface area contributed by atoms with Crippen molar-refractivity contribution in [3.05, 3.63) is 72.2 Å². The molecule has 1 aliphatic heterocycles. The summed E-state index contributed by atoms with van der Waals surface area (Å²) in [7, 11) is 0. The number of aromatic nitrogens is 6. The molecule has 162 valence electrons. The van der Waals surface area contributed by atoms with Gasteiger partial charge in [-0.15, -0.1) is 0 Å². The molecule has 5 heterocycles. The number of benzene rings is 1. The summed E-state index contributed by atoms with van der Waals surface area (Å²) in [6.07, 6.45) is 7.01. The molecule has 1 aliphatic carbocycles. The Morgan fingerprint density at radius 3 is 2.85 bits per heavy atom. The molecule has 0 amide bonds. The Hall–Kier alpha value is -4.20. The number of hydrogen-bond acceptors (Lipinski definition) is 6. The van der Waals surface area contributed by atoms with Crippen LogP contribution in [0.3, 0.4) is 0 Å². The molecule has 0 atom stereocenters. The molecule has 1 fully saturated rings. The number of ether oxygens (including phenoxy) is 1. The number of pyridine rings is 2. The Balaban J connectivity index is 1.46. The van der Waals surface area contributed by atoms with Gasteiger partial charge in [0.05, 0.1) is 23.6 Å². The molecular formula is C25H21N7O. The predicted molar refractivity (Wildman–Crippen MR) is 125 cm³/mol. The van der Waals surface area contributed by atoms with Gasteiger partial charge in [-0.1, -0.05) is 6.07 Å². The van der Waals surface area contributed by atoms with Crippen LogP contribution < -0.4 is 10.5 Å². The number of rotatable bonds is 4. The number of nitrogen functional groups attached to an aromatic ring is 1. The second-order valence-electron chi connectivity index (χ2n) is 8.57. The third-order valence-electron chi connectivity index (χ3n) is 6.35. The summed E-state index contributed by atoms with van der Waals surface area (Å²) >= 11 is 0. The van der Waals surface area contributed by atoms with Gasteiger partial charge in [-0.2, -0.15) is 5.10 Å². The fourth-order valence-corrected chi connectivity index (χ4v) is 4.46. The SMILES string of the molecule is Nc1ncccc1-c1nc2ccc(-n3ccc(C4CC4)n3)nc2n1-c1ccc2c(c1)OCC2. The van der Waals surface area contributed by atoms with Crippen molar-refractivity contribution in [3.63, 3.8) is 0 Å². The fourth-order valence-electron chi connectivity index (χ4n) is 4.46. The van der Waals surface area contributed by atoms with Crippen LogP contribution >= 0.6 is 0 Å². The van der Waals surface area contributed by atoms with Gasteiger partial charge in [-0.05, 0) is 54.8 Å². The molecule has 8 nitrogen and oxygen atoms in total. The minimum atomic E-state index is 0.424. The zero-order chi connectivity index (χ0) is 21.9. The molecule has 7 rings (SSSR count). The first-order valence-electron chi connectivity index (χ1n) is 11.2. The zero-order valence-corrected chi connectivity index (χ0v) is 17.8. The summed E-state index contributed by atoms with van der Waals surface area (Å²) < 4.78 is 9.71. The van der Waals surface area contributed by atoms with E-state index >= 15 is 0 Å². The highest BCUT2D eigenvalue weighted by Crippen LogP contribution is 2.39. The molecule has 1 aromatic carbocycles. The van der Waals surface area contributed by atoms with Crippen LogP contribution in [-0.4, -0.2) is 35.9 Å². The van der Waals surface area contributed by atoms with Crippen LogP contribution in [0.4, 0.5) is 5.82 Å². The second kappa shape index (κ2) is 6.90. The summed E-state index contributed by atoms with van der Waals surface area (Å²) in [5.41, 5.74) is 11.8. The Morgan fingerprint density at radius 2 is 1.97 bits per heavy atom. The van der Waals surface area contributed by atoms with Gasteiger partial charge in [0, 0.05) is 30.8 Å². The molecule has 0 bridgehead atoms. The van der Waals surface area contributed by atoms with Crippen LogP contribution in [0.1, 0.15) is 30.0 Å². The first kappa shape index (κ1) is 18.4. The molecule has 33 heavy (non-hydrogen) atoms. The smallest absolute Gasteiger partial charge is 0.167 e. The van der Waals surface area contributed by atoms with Crippen molar-refractivity contribution in [2.24, 2.45) is 0 Å². The first-order chi connectivity index (χ1) is 16.2. The molecule has 1 saturated carbocycles. The minimum Gasteiger partial charge on any atom is -0.493 e. The lowest BCUT2D eigenvalue weighted by atomic mass is 10.1. The van der Waals surface area contributed by atoms with Gasteiger partial charge < -0.3 is 10.5 Å². The highest BCUT2D eigenvalue weighted by atomic mass is 16.5. The predicted octanol–water partition coefficient (Wildman–Crippen LogP) is 4.06. The van der Waals surface area contributed by atoms with E-state index in [0.717, 1.165) is 46.1 Å². The highest BCUT2D eigenvalue weighted by molar-refractivity contribution is 5.83. The maximum Gasteiger partial charge on any atom is 0.167 e. The average Bonchev–Trinajstić information content (AvgIpc) is 3.23. The van der Waals surface area contributed by atoms with Gasteiger partial charge in [0.2, 0.25) is 0 Å². The van der Waals surface area contributed by atoms with E-state index in [1.807, 2.05) is 45.8 Å². The topological polar surface area (TPSA) is 96.7 Å². The lowest BCUT2D eigenvalue weighted by Crippen LogP contribution is -2.04. The van der Waals surface area contributed by atoms with Crippen LogP contribution in [0, 0.1) is 0 Å².